The summed E-state index contributed by atoms with van der Waals surface area (Å²) >= 11 is 1.42. The Morgan fingerprint density at radius 1 is 1.45 bits per heavy atom. The number of nitrogens with one attached hydrogen (secondary N) is 1. The average molecular weight is 322 g/mol. The summed E-state index contributed by atoms with van der Waals surface area (Å²) in [5.41, 5.74) is 1.05. The van der Waals surface area contributed by atoms with Gasteiger partial charge in [0.15, 0.2) is 0 Å². The van der Waals surface area contributed by atoms with Crippen molar-refractivity contribution in [3.63, 3.8) is 0 Å². The van der Waals surface area contributed by atoms with Crippen LogP contribution in [0, 0.1) is 5.41 Å². The lowest BCUT2D eigenvalue weighted by atomic mass is 9.83. The first-order chi connectivity index (χ1) is 10.5. The van der Waals surface area contributed by atoms with E-state index >= 15 is 0 Å². The van der Waals surface area contributed by atoms with Crippen LogP contribution < -0.4 is 5.32 Å². The predicted octanol–water partition coefficient (Wildman–Crippen LogP) is 2.07. The number of aryl methyl sites for hydroxylation is 1. The van der Waals surface area contributed by atoms with Gasteiger partial charge in [0.05, 0.1) is 12.8 Å². The minimum absolute atomic E-state index is 0.0677. The van der Waals surface area contributed by atoms with Gasteiger partial charge in [-0.15, -0.1) is 11.3 Å². The SMILES string of the molecule is CCC(CC)(CO)CNC(=O)c1csc(-c2cnn(C)c2)n1. The van der Waals surface area contributed by atoms with Crippen molar-refractivity contribution in [3.8, 4) is 10.6 Å². The van der Waals surface area contributed by atoms with Gasteiger partial charge in [0.2, 0.25) is 0 Å². The molecule has 2 aromatic heterocycles. The molecule has 0 saturated carbocycles. The number of carbonyl (C=O) groups excluding carboxylic acids is 1. The fourth-order valence-electron chi connectivity index (χ4n) is 2.18. The molecule has 0 fully saturated rings. The molecule has 22 heavy (non-hydrogen) atoms. The third-order valence-corrected chi connectivity index (χ3v) is 5.04. The van der Waals surface area contributed by atoms with Crippen molar-refractivity contribution in [1.82, 2.24) is 20.1 Å². The molecule has 2 N–H and O–H groups in total. The maximum atomic E-state index is 12.2. The van der Waals surface area contributed by atoms with Gasteiger partial charge < -0.3 is 10.4 Å². The minimum Gasteiger partial charge on any atom is -0.396 e. The van der Waals surface area contributed by atoms with Crippen LogP contribution in [0.25, 0.3) is 10.6 Å². The first kappa shape index (κ1) is 16.6. The molecule has 0 radical (unpaired) electrons. The van der Waals surface area contributed by atoms with Gasteiger partial charge >= 0.3 is 0 Å². The van der Waals surface area contributed by atoms with Crippen LogP contribution in [0.4, 0.5) is 0 Å². The zero-order valence-electron chi connectivity index (χ0n) is 13.2. The molecule has 0 aromatic carbocycles. The molecule has 1 amide bonds. The van der Waals surface area contributed by atoms with Crippen molar-refractivity contribution in [1.29, 1.82) is 0 Å². The van der Waals surface area contributed by atoms with E-state index in [1.54, 1.807) is 16.3 Å². The minimum atomic E-state index is -0.252. The van der Waals surface area contributed by atoms with Crippen LogP contribution in [0.5, 0.6) is 0 Å². The summed E-state index contributed by atoms with van der Waals surface area (Å²) in [4.78, 5) is 16.6. The number of rotatable bonds is 7. The first-order valence-corrected chi connectivity index (χ1v) is 8.25. The zero-order chi connectivity index (χ0) is 16.2. The molecule has 0 aliphatic heterocycles. The molecular weight excluding hydrogens is 300 g/mol. The molecule has 0 aliphatic carbocycles. The Hall–Kier alpha value is -1.73. The third-order valence-electron chi connectivity index (χ3n) is 4.15. The number of carbonyl (C=O) groups is 1. The number of aliphatic hydroxyl groups is 1. The lowest BCUT2D eigenvalue weighted by Crippen LogP contribution is -2.39. The molecule has 2 rings (SSSR count). The van der Waals surface area contributed by atoms with E-state index in [9.17, 15) is 9.90 Å². The Labute approximate surface area is 134 Å². The molecule has 0 unspecified atom stereocenters. The standard InChI is InChI=1S/C15H22N4O2S/c1-4-15(5-2,10-20)9-16-13(21)12-8-22-14(18-12)11-6-17-19(3)7-11/h6-8,20H,4-5,9-10H2,1-3H3,(H,16,21). The highest BCUT2D eigenvalue weighted by Crippen LogP contribution is 2.25. The molecule has 0 spiro atoms. The van der Waals surface area contributed by atoms with Crippen LogP contribution in [-0.2, 0) is 7.05 Å². The van der Waals surface area contributed by atoms with Gasteiger partial charge in [-0.25, -0.2) is 4.98 Å². The van der Waals surface area contributed by atoms with Gasteiger partial charge in [-0.1, -0.05) is 13.8 Å². The molecule has 0 bridgehead atoms. The van der Waals surface area contributed by atoms with Gasteiger partial charge in [-0.05, 0) is 12.8 Å². The predicted molar refractivity (Wildman–Crippen MR) is 86.8 cm³/mol. The topological polar surface area (TPSA) is 80.0 Å². The van der Waals surface area contributed by atoms with Crippen LogP contribution >= 0.6 is 11.3 Å². The zero-order valence-corrected chi connectivity index (χ0v) is 14.0. The molecule has 0 saturated heterocycles. The fraction of sp³-hybridized carbons (Fsp3) is 0.533. The Balaban J connectivity index is 2.03. The highest BCUT2D eigenvalue weighted by Gasteiger charge is 2.26. The number of hydrogen-bond donors (Lipinski definition) is 2. The number of hydrogen-bond acceptors (Lipinski definition) is 5. The second-order valence-electron chi connectivity index (χ2n) is 5.49. The maximum absolute atomic E-state index is 12.2. The highest BCUT2D eigenvalue weighted by molar-refractivity contribution is 7.13. The Morgan fingerprint density at radius 2 is 2.18 bits per heavy atom. The third kappa shape index (κ3) is 3.53. The average Bonchev–Trinajstić information content (AvgIpc) is 3.17. The van der Waals surface area contributed by atoms with E-state index in [0.717, 1.165) is 23.4 Å². The van der Waals surface area contributed by atoms with Crippen molar-refractivity contribution >= 4 is 17.2 Å². The Morgan fingerprint density at radius 3 is 2.73 bits per heavy atom. The van der Waals surface area contributed by atoms with E-state index in [-0.39, 0.29) is 17.9 Å². The normalized spacial score (nSPS) is 11.6. The van der Waals surface area contributed by atoms with Crippen molar-refractivity contribution < 1.29 is 9.90 Å². The first-order valence-electron chi connectivity index (χ1n) is 7.37. The van der Waals surface area contributed by atoms with Crippen LogP contribution in [0.2, 0.25) is 0 Å². The van der Waals surface area contributed by atoms with E-state index in [0.29, 0.717) is 12.2 Å². The summed E-state index contributed by atoms with van der Waals surface area (Å²) in [5, 5.41) is 19.1. The summed E-state index contributed by atoms with van der Waals surface area (Å²) in [6.45, 7) is 4.57. The highest BCUT2D eigenvalue weighted by atomic mass is 32.1. The summed E-state index contributed by atoms with van der Waals surface area (Å²) in [5.74, 6) is -0.203. The molecular formula is C15H22N4O2S. The number of amides is 1. The Bertz CT molecular complexity index is 623. The second kappa shape index (κ2) is 7.02. The molecule has 0 aliphatic rings. The molecule has 2 heterocycles. The van der Waals surface area contributed by atoms with Gasteiger partial charge in [-0.2, -0.15) is 5.10 Å². The van der Waals surface area contributed by atoms with E-state index < -0.39 is 0 Å². The van der Waals surface area contributed by atoms with E-state index in [4.69, 9.17) is 0 Å². The summed E-state index contributed by atoms with van der Waals surface area (Å²) in [6.07, 6.45) is 5.23. The van der Waals surface area contributed by atoms with Crippen LogP contribution in [0.3, 0.4) is 0 Å². The number of nitrogens with zero attached hydrogens (tertiary/aromatic N) is 3. The molecule has 6 nitrogen and oxygen atoms in total. The molecule has 7 heteroatoms. The van der Waals surface area contributed by atoms with E-state index in [1.165, 1.54) is 11.3 Å². The quantitative estimate of drug-likeness (QED) is 0.818. The van der Waals surface area contributed by atoms with Gasteiger partial charge in [0.1, 0.15) is 10.7 Å². The summed E-state index contributed by atoms with van der Waals surface area (Å²) in [7, 11) is 1.84. The monoisotopic (exact) mass is 322 g/mol. The smallest absolute Gasteiger partial charge is 0.270 e. The van der Waals surface area contributed by atoms with Gasteiger partial charge in [-0.3, -0.25) is 9.48 Å². The second-order valence-corrected chi connectivity index (χ2v) is 6.35. The Kier molecular flexibility index (Phi) is 5.31. The summed E-state index contributed by atoms with van der Waals surface area (Å²) in [6, 6.07) is 0. The number of aromatic nitrogens is 3. The van der Waals surface area contributed by atoms with E-state index in [1.807, 2.05) is 27.1 Å². The molecule has 120 valence electrons. The lowest BCUT2D eigenvalue weighted by Gasteiger charge is -2.29. The molecule has 0 atom stereocenters. The lowest BCUT2D eigenvalue weighted by molar-refractivity contribution is 0.0847. The van der Waals surface area contributed by atoms with Crippen LogP contribution in [-0.4, -0.2) is 38.9 Å². The number of aliphatic hydroxyl groups excluding tert-OH is 1. The van der Waals surface area contributed by atoms with Crippen molar-refractivity contribution in [3.05, 3.63) is 23.5 Å². The van der Waals surface area contributed by atoms with Crippen molar-refractivity contribution in [2.45, 2.75) is 26.7 Å². The maximum Gasteiger partial charge on any atom is 0.270 e. The van der Waals surface area contributed by atoms with Crippen molar-refractivity contribution in [2.75, 3.05) is 13.2 Å². The van der Waals surface area contributed by atoms with Gasteiger partial charge in [0.25, 0.3) is 5.91 Å². The van der Waals surface area contributed by atoms with Gasteiger partial charge in [0, 0.05) is 36.1 Å². The number of thiazole rings is 1. The summed E-state index contributed by atoms with van der Waals surface area (Å²) < 4.78 is 1.70. The van der Waals surface area contributed by atoms with Crippen molar-refractivity contribution in [2.24, 2.45) is 12.5 Å². The van der Waals surface area contributed by atoms with Crippen LogP contribution in [0.15, 0.2) is 17.8 Å². The molecule has 2 aromatic rings. The largest absolute Gasteiger partial charge is 0.396 e. The van der Waals surface area contributed by atoms with E-state index in [2.05, 4.69) is 15.4 Å². The van der Waals surface area contributed by atoms with Crippen LogP contribution in [0.1, 0.15) is 37.2 Å². The fourth-order valence-corrected chi connectivity index (χ4v) is 2.96.